The molecule has 2 aromatic rings. The molecular formula is C12H8Cl2N2O. The third kappa shape index (κ3) is 1.96. The molecule has 0 radical (unpaired) electrons. The van der Waals surface area contributed by atoms with Gasteiger partial charge in [0.25, 0.3) is 0 Å². The van der Waals surface area contributed by atoms with Crippen molar-refractivity contribution in [3.8, 4) is 0 Å². The number of hydrogen-bond donors (Lipinski definition) is 0. The maximum absolute atomic E-state index is 6.19. The van der Waals surface area contributed by atoms with E-state index in [9.17, 15) is 0 Å². The molecule has 0 fully saturated rings. The number of nitrogens with zero attached hydrogens (tertiary/aromatic N) is 2. The third-order valence-electron chi connectivity index (χ3n) is 2.55. The van der Waals surface area contributed by atoms with Crippen LogP contribution in [-0.2, 0) is 4.74 Å². The number of hydrogen-bond acceptors (Lipinski definition) is 3. The highest BCUT2D eigenvalue weighted by Crippen LogP contribution is 2.26. The van der Waals surface area contributed by atoms with Gasteiger partial charge < -0.3 is 4.74 Å². The molecule has 86 valence electrons. The van der Waals surface area contributed by atoms with Crippen LogP contribution in [0.15, 0.2) is 29.4 Å². The van der Waals surface area contributed by atoms with Gasteiger partial charge in [0.2, 0.25) is 5.90 Å². The number of pyridine rings is 1. The molecule has 1 aliphatic heterocycles. The van der Waals surface area contributed by atoms with Crippen LogP contribution in [0, 0.1) is 0 Å². The van der Waals surface area contributed by atoms with Crippen molar-refractivity contribution in [2.24, 2.45) is 4.99 Å². The third-order valence-corrected chi connectivity index (χ3v) is 3.07. The van der Waals surface area contributed by atoms with Crippen molar-refractivity contribution in [1.29, 1.82) is 0 Å². The molecule has 0 saturated carbocycles. The van der Waals surface area contributed by atoms with Crippen LogP contribution in [-0.4, -0.2) is 24.0 Å². The highest BCUT2D eigenvalue weighted by atomic mass is 35.5. The van der Waals surface area contributed by atoms with Crippen LogP contribution >= 0.6 is 23.2 Å². The number of benzene rings is 1. The molecular weight excluding hydrogens is 259 g/mol. The Morgan fingerprint density at radius 1 is 1.18 bits per heavy atom. The molecule has 0 bridgehead atoms. The number of rotatable bonds is 1. The van der Waals surface area contributed by atoms with Gasteiger partial charge in [0.15, 0.2) is 0 Å². The minimum absolute atomic E-state index is 0.591. The molecule has 0 aliphatic carbocycles. The van der Waals surface area contributed by atoms with Crippen LogP contribution in [0.1, 0.15) is 5.56 Å². The lowest BCUT2D eigenvalue weighted by Crippen LogP contribution is -2.02. The number of fused-ring (bicyclic) bond motifs is 1. The van der Waals surface area contributed by atoms with Gasteiger partial charge in [0.1, 0.15) is 6.61 Å². The molecule has 5 heteroatoms. The highest BCUT2D eigenvalue weighted by molar-refractivity contribution is 6.35. The predicted molar refractivity (Wildman–Crippen MR) is 69.1 cm³/mol. The maximum atomic E-state index is 6.19. The van der Waals surface area contributed by atoms with Gasteiger partial charge in [-0.1, -0.05) is 23.2 Å². The predicted octanol–water partition coefficient (Wildman–Crippen LogP) is 3.32. The first-order valence-electron chi connectivity index (χ1n) is 5.16. The van der Waals surface area contributed by atoms with Crippen LogP contribution < -0.4 is 0 Å². The SMILES string of the molecule is Clc1cnc2cc(Cl)c(C3=NCCO3)cc2c1. The summed E-state index contributed by atoms with van der Waals surface area (Å²) in [6, 6.07) is 5.55. The van der Waals surface area contributed by atoms with E-state index in [1.807, 2.05) is 12.1 Å². The van der Waals surface area contributed by atoms with Crippen molar-refractivity contribution in [3.63, 3.8) is 0 Å². The first-order valence-corrected chi connectivity index (χ1v) is 5.92. The second-order valence-electron chi connectivity index (χ2n) is 3.71. The molecule has 2 heterocycles. The molecule has 3 rings (SSSR count). The molecule has 0 spiro atoms. The largest absolute Gasteiger partial charge is 0.475 e. The molecule has 0 atom stereocenters. The monoisotopic (exact) mass is 266 g/mol. The van der Waals surface area contributed by atoms with E-state index >= 15 is 0 Å². The standard InChI is InChI=1S/C12H8Cl2N2O/c13-8-3-7-4-9(12-15-1-2-17-12)10(14)5-11(7)16-6-8/h3-6H,1-2H2. The summed E-state index contributed by atoms with van der Waals surface area (Å²) in [7, 11) is 0. The Labute approximate surface area is 108 Å². The van der Waals surface area contributed by atoms with Crippen LogP contribution in [0.25, 0.3) is 10.9 Å². The van der Waals surface area contributed by atoms with E-state index in [1.165, 1.54) is 0 Å². The minimum Gasteiger partial charge on any atom is -0.475 e. The molecule has 1 aromatic heterocycles. The summed E-state index contributed by atoms with van der Waals surface area (Å²) >= 11 is 12.1. The Balaban J connectivity index is 2.21. The van der Waals surface area contributed by atoms with E-state index in [1.54, 1.807) is 12.3 Å². The smallest absolute Gasteiger partial charge is 0.217 e. The molecule has 0 unspecified atom stereocenters. The summed E-state index contributed by atoms with van der Waals surface area (Å²) in [4.78, 5) is 8.46. The van der Waals surface area contributed by atoms with Gasteiger partial charge in [-0.25, -0.2) is 4.99 Å². The van der Waals surface area contributed by atoms with Gasteiger partial charge in [-0.15, -0.1) is 0 Å². The summed E-state index contributed by atoms with van der Waals surface area (Å²) in [5.74, 6) is 0.594. The maximum Gasteiger partial charge on any atom is 0.217 e. The van der Waals surface area contributed by atoms with Crippen LogP contribution in [0.5, 0.6) is 0 Å². The lowest BCUT2D eigenvalue weighted by molar-refractivity contribution is 0.348. The summed E-state index contributed by atoms with van der Waals surface area (Å²) in [6.45, 7) is 1.29. The van der Waals surface area contributed by atoms with Gasteiger partial charge in [0, 0.05) is 11.6 Å². The average Bonchev–Trinajstić information content (AvgIpc) is 2.82. The molecule has 0 saturated heterocycles. The van der Waals surface area contributed by atoms with Crippen molar-refractivity contribution in [3.05, 3.63) is 40.0 Å². The first-order chi connectivity index (χ1) is 8.24. The van der Waals surface area contributed by atoms with Crippen LogP contribution in [0.2, 0.25) is 10.0 Å². The second kappa shape index (κ2) is 4.17. The zero-order valence-corrected chi connectivity index (χ0v) is 10.3. The molecule has 0 amide bonds. The Morgan fingerprint density at radius 3 is 2.82 bits per heavy atom. The molecule has 1 aromatic carbocycles. The zero-order chi connectivity index (χ0) is 11.8. The van der Waals surface area contributed by atoms with Crippen molar-refractivity contribution in [1.82, 2.24) is 4.98 Å². The molecule has 1 aliphatic rings. The van der Waals surface area contributed by atoms with Crippen molar-refractivity contribution in [2.45, 2.75) is 0 Å². The number of aliphatic imine (C=N–C) groups is 1. The van der Waals surface area contributed by atoms with Gasteiger partial charge in [-0.05, 0) is 18.2 Å². The lowest BCUT2D eigenvalue weighted by atomic mass is 10.1. The Hall–Kier alpha value is -1.32. The van der Waals surface area contributed by atoms with E-state index in [4.69, 9.17) is 27.9 Å². The molecule has 17 heavy (non-hydrogen) atoms. The summed E-state index contributed by atoms with van der Waals surface area (Å²) in [5.41, 5.74) is 1.60. The summed E-state index contributed by atoms with van der Waals surface area (Å²) in [6.07, 6.45) is 1.60. The number of aromatic nitrogens is 1. The van der Waals surface area contributed by atoms with E-state index in [0.717, 1.165) is 16.5 Å². The van der Waals surface area contributed by atoms with Gasteiger partial charge >= 0.3 is 0 Å². The topological polar surface area (TPSA) is 34.5 Å². The number of halogens is 2. The average molecular weight is 267 g/mol. The second-order valence-corrected chi connectivity index (χ2v) is 4.56. The van der Waals surface area contributed by atoms with E-state index in [0.29, 0.717) is 29.1 Å². The highest BCUT2D eigenvalue weighted by Gasteiger charge is 2.15. The number of ether oxygens (including phenoxy) is 1. The Kier molecular flexibility index (Phi) is 2.65. The summed E-state index contributed by atoms with van der Waals surface area (Å²) in [5, 5.41) is 2.11. The van der Waals surface area contributed by atoms with Crippen molar-refractivity contribution in [2.75, 3.05) is 13.2 Å². The van der Waals surface area contributed by atoms with E-state index in [2.05, 4.69) is 9.98 Å². The zero-order valence-electron chi connectivity index (χ0n) is 8.78. The Bertz CT molecular complexity index is 625. The quantitative estimate of drug-likeness (QED) is 0.794. The fourth-order valence-corrected chi connectivity index (χ4v) is 2.19. The van der Waals surface area contributed by atoms with Gasteiger partial charge in [0.05, 0.1) is 27.7 Å². The molecule has 3 nitrogen and oxygen atoms in total. The van der Waals surface area contributed by atoms with Gasteiger partial charge in [-0.2, -0.15) is 0 Å². The Morgan fingerprint density at radius 2 is 2.06 bits per heavy atom. The fraction of sp³-hybridized carbons (Fsp3) is 0.167. The minimum atomic E-state index is 0.591. The van der Waals surface area contributed by atoms with E-state index in [-0.39, 0.29) is 0 Å². The van der Waals surface area contributed by atoms with Gasteiger partial charge in [-0.3, -0.25) is 4.98 Å². The fourth-order valence-electron chi connectivity index (χ4n) is 1.79. The van der Waals surface area contributed by atoms with Crippen LogP contribution in [0.3, 0.4) is 0 Å². The summed E-state index contributed by atoms with van der Waals surface area (Å²) < 4.78 is 5.41. The normalized spacial score (nSPS) is 14.8. The van der Waals surface area contributed by atoms with E-state index < -0.39 is 0 Å². The van der Waals surface area contributed by atoms with Crippen LogP contribution in [0.4, 0.5) is 0 Å². The lowest BCUT2D eigenvalue weighted by Gasteiger charge is -2.06. The van der Waals surface area contributed by atoms with Crippen molar-refractivity contribution < 1.29 is 4.74 Å². The molecule has 0 N–H and O–H groups in total. The first kappa shape index (κ1) is 10.8. The van der Waals surface area contributed by atoms with Crippen molar-refractivity contribution >= 4 is 40.0 Å².